The Balaban J connectivity index is 2.53. The molecule has 88 valence electrons. The Labute approximate surface area is 98.2 Å². The van der Waals surface area contributed by atoms with Crippen molar-refractivity contribution in [1.29, 1.82) is 0 Å². The first-order valence-corrected chi connectivity index (χ1v) is 5.76. The van der Waals surface area contributed by atoms with E-state index in [-0.39, 0.29) is 0 Å². The van der Waals surface area contributed by atoms with Crippen LogP contribution in [-0.4, -0.2) is 16.3 Å². The van der Waals surface area contributed by atoms with Gasteiger partial charge in [-0.1, -0.05) is 19.8 Å². The van der Waals surface area contributed by atoms with Crippen LogP contribution in [-0.2, 0) is 13.1 Å². The molecule has 3 nitrogen and oxygen atoms in total. The minimum absolute atomic E-state index is 0.682. The Morgan fingerprint density at radius 3 is 2.88 bits per heavy atom. The van der Waals surface area contributed by atoms with E-state index in [0.29, 0.717) is 12.5 Å². The lowest BCUT2D eigenvalue weighted by Crippen LogP contribution is -2.19. The molecule has 0 atom stereocenters. The van der Waals surface area contributed by atoms with Crippen molar-refractivity contribution in [2.75, 3.05) is 6.54 Å². The molecule has 0 bridgehead atoms. The van der Waals surface area contributed by atoms with Crippen molar-refractivity contribution in [3.63, 3.8) is 0 Å². The molecule has 1 N–H and O–H groups in total. The third-order valence-corrected chi connectivity index (χ3v) is 2.48. The summed E-state index contributed by atoms with van der Waals surface area (Å²) in [6.07, 6.45) is 1.93. The lowest BCUT2D eigenvalue weighted by atomic mass is 10.2. The van der Waals surface area contributed by atoms with Crippen molar-refractivity contribution in [3.05, 3.63) is 17.5 Å². The molecule has 0 radical (unpaired) electrons. The first-order chi connectivity index (χ1) is 7.65. The van der Waals surface area contributed by atoms with Crippen LogP contribution in [0.2, 0.25) is 0 Å². The smallest absolute Gasteiger partial charge is 0.102 e. The van der Waals surface area contributed by atoms with Gasteiger partial charge in [-0.15, -0.1) is 5.92 Å². The fourth-order valence-corrected chi connectivity index (χ4v) is 1.47. The molecule has 0 amide bonds. The van der Waals surface area contributed by atoms with Crippen molar-refractivity contribution < 1.29 is 0 Å². The summed E-state index contributed by atoms with van der Waals surface area (Å²) in [6.45, 7) is 11.0. The van der Waals surface area contributed by atoms with E-state index in [9.17, 15) is 0 Å². The van der Waals surface area contributed by atoms with E-state index in [1.54, 1.807) is 0 Å². The molecule has 0 fully saturated rings. The summed E-state index contributed by atoms with van der Waals surface area (Å²) in [5.41, 5.74) is 2.47. The van der Waals surface area contributed by atoms with E-state index in [4.69, 9.17) is 0 Å². The van der Waals surface area contributed by atoms with Crippen molar-refractivity contribution >= 4 is 0 Å². The SMILES string of the molecule is CC#CCn1ncc(CNCC(C)C)c1C. The number of rotatable bonds is 5. The second kappa shape index (κ2) is 6.34. The van der Waals surface area contributed by atoms with Gasteiger partial charge in [-0.05, 0) is 26.3 Å². The van der Waals surface area contributed by atoms with Gasteiger partial charge < -0.3 is 5.32 Å². The van der Waals surface area contributed by atoms with Crippen LogP contribution < -0.4 is 5.32 Å². The van der Waals surface area contributed by atoms with Gasteiger partial charge in [0.15, 0.2) is 0 Å². The van der Waals surface area contributed by atoms with Crippen molar-refractivity contribution in [1.82, 2.24) is 15.1 Å². The van der Waals surface area contributed by atoms with Crippen molar-refractivity contribution in [2.45, 2.75) is 40.8 Å². The number of nitrogens with zero attached hydrogens (tertiary/aromatic N) is 2. The van der Waals surface area contributed by atoms with Crippen LogP contribution in [0.4, 0.5) is 0 Å². The summed E-state index contributed by atoms with van der Waals surface area (Å²) in [5.74, 6) is 6.59. The number of nitrogens with one attached hydrogen (secondary N) is 1. The fourth-order valence-electron chi connectivity index (χ4n) is 1.47. The lowest BCUT2D eigenvalue weighted by molar-refractivity contribution is 0.551. The zero-order valence-corrected chi connectivity index (χ0v) is 10.7. The molecule has 3 heteroatoms. The molecule has 0 saturated heterocycles. The molecule has 1 aromatic rings. The number of hydrogen-bond acceptors (Lipinski definition) is 2. The third-order valence-electron chi connectivity index (χ3n) is 2.48. The minimum atomic E-state index is 0.682. The van der Waals surface area contributed by atoms with Gasteiger partial charge in [0.2, 0.25) is 0 Å². The molecule has 1 heterocycles. The summed E-state index contributed by atoms with van der Waals surface area (Å²) in [4.78, 5) is 0. The van der Waals surface area contributed by atoms with Crippen molar-refractivity contribution in [2.24, 2.45) is 5.92 Å². The maximum absolute atomic E-state index is 4.33. The second-order valence-electron chi connectivity index (χ2n) is 4.36. The third kappa shape index (κ3) is 3.71. The molecule has 0 saturated carbocycles. The monoisotopic (exact) mass is 219 g/mol. The molecule has 0 aliphatic carbocycles. The molecule has 1 aromatic heterocycles. The molecule has 16 heavy (non-hydrogen) atoms. The highest BCUT2D eigenvalue weighted by Crippen LogP contribution is 2.06. The summed E-state index contributed by atoms with van der Waals surface area (Å²) < 4.78 is 1.95. The van der Waals surface area contributed by atoms with Gasteiger partial charge >= 0.3 is 0 Å². The molecule has 0 aliphatic heterocycles. The van der Waals surface area contributed by atoms with Gasteiger partial charge in [-0.25, -0.2) is 0 Å². The highest BCUT2D eigenvalue weighted by molar-refractivity contribution is 5.16. The van der Waals surface area contributed by atoms with Crippen LogP contribution >= 0.6 is 0 Å². The Hall–Kier alpha value is -1.27. The normalized spacial score (nSPS) is 10.3. The standard InChI is InChI=1S/C13H21N3/c1-5-6-7-16-12(4)13(10-15-16)9-14-8-11(2)3/h10-11,14H,7-9H2,1-4H3. The summed E-state index contributed by atoms with van der Waals surface area (Å²) in [5, 5.41) is 7.75. The predicted molar refractivity (Wildman–Crippen MR) is 67.0 cm³/mol. The number of aromatic nitrogens is 2. The van der Waals surface area contributed by atoms with E-state index >= 15 is 0 Å². The second-order valence-corrected chi connectivity index (χ2v) is 4.36. The molecular formula is C13H21N3. The Bertz CT molecular complexity index is 380. The summed E-state index contributed by atoms with van der Waals surface area (Å²) >= 11 is 0. The van der Waals surface area contributed by atoms with E-state index < -0.39 is 0 Å². The Morgan fingerprint density at radius 2 is 2.25 bits per heavy atom. The van der Waals surface area contributed by atoms with Gasteiger partial charge in [0.25, 0.3) is 0 Å². The Kier molecular flexibility index (Phi) is 5.07. The van der Waals surface area contributed by atoms with Gasteiger partial charge in [-0.2, -0.15) is 5.10 Å². The van der Waals surface area contributed by atoms with Gasteiger partial charge in [0.1, 0.15) is 6.54 Å². The molecule has 0 aromatic carbocycles. The lowest BCUT2D eigenvalue weighted by Gasteiger charge is -2.07. The minimum Gasteiger partial charge on any atom is -0.312 e. The van der Waals surface area contributed by atoms with Crippen LogP contribution in [0.15, 0.2) is 6.20 Å². The topological polar surface area (TPSA) is 29.9 Å². The van der Waals surface area contributed by atoms with Crippen molar-refractivity contribution in [3.8, 4) is 11.8 Å². The van der Waals surface area contributed by atoms with Crippen LogP contribution in [0.3, 0.4) is 0 Å². The molecule has 0 unspecified atom stereocenters. The van der Waals surface area contributed by atoms with Crippen LogP contribution in [0.5, 0.6) is 0 Å². The predicted octanol–water partition coefficient (Wildman–Crippen LogP) is 1.96. The average molecular weight is 219 g/mol. The average Bonchev–Trinajstić information content (AvgIpc) is 2.57. The summed E-state index contributed by atoms with van der Waals surface area (Å²) in [7, 11) is 0. The highest BCUT2D eigenvalue weighted by atomic mass is 15.3. The van der Waals surface area contributed by atoms with E-state index in [1.807, 2.05) is 17.8 Å². The van der Waals surface area contributed by atoms with Gasteiger partial charge in [-0.3, -0.25) is 4.68 Å². The van der Waals surface area contributed by atoms with E-state index in [0.717, 1.165) is 13.1 Å². The highest BCUT2D eigenvalue weighted by Gasteiger charge is 2.04. The van der Waals surface area contributed by atoms with Crippen LogP contribution in [0, 0.1) is 24.7 Å². The maximum atomic E-state index is 4.33. The molecule has 1 rings (SSSR count). The largest absolute Gasteiger partial charge is 0.312 e. The quantitative estimate of drug-likeness (QED) is 0.767. The van der Waals surface area contributed by atoms with E-state index in [1.165, 1.54) is 11.3 Å². The maximum Gasteiger partial charge on any atom is 0.102 e. The fraction of sp³-hybridized carbons (Fsp3) is 0.615. The Morgan fingerprint density at radius 1 is 1.50 bits per heavy atom. The molecular weight excluding hydrogens is 198 g/mol. The molecule has 0 aliphatic rings. The number of hydrogen-bond donors (Lipinski definition) is 1. The first-order valence-electron chi connectivity index (χ1n) is 5.76. The van der Waals surface area contributed by atoms with Gasteiger partial charge in [0.05, 0.1) is 6.20 Å². The first kappa shape index (κ1) is 12.8. The van der Waals surface area contributed by atoms with Gasteiger partial charge in [0, 0.05) is 17.8 Å². The molecule has 0 spiro atoms. The van der Waals surface area contributed by atoms with Crippen LogP contribution in [0.1, 0.15) is 32.0 Å². The zero-order valence-electron chi connectivity index (χ0n) is 10.7. The van der Waals surface area contributed by atoms with E-state index in [2.05, 4.69) is 43.0 Å². The summed E-state index contributed by atoms with van der Waals surface area (Å²) in [6, 6.07) is 0. The van der Waals surface area contributed by atoms with Crippen LogP contribution in [0.25, 0.3) is 0 Å². The zero-order chi connectivity index (χ0) is 12.0.